The summed E-state index contributed by atoms with van der Waals surface area (Å²) in [4.78, 5) is 2.56. The van der Waals surface area contributed by atoms with Crippen LogP contribution in [0.15, 0.2) is 0 Å². The first-order valence-electron chi connectivity index (χ1n) is 7.46. The van der Waals surface area contributed by atoms with E-state index in [1.165, 1.54) is 38.6 Å². The lowest BCUT2D eigenvalue weighted by Gasteiger charge is -2.28. The van der Waals surface area contributed by atoms with Crippen LogP contribution in [-0.4, -0.2) is 30.6 Å². The summed E-state index contributed by atoms with van der Waals surface area (Å²) in [5.41, 5.74) is 6.12. The van der Waals surface area contributed by atoms with Gasteiger partial charge < -0.3 is 10.6 Å². The minimum Gasteiger partial charge on any atom is -0.327 e. The zero-order chi connectivity index (χ0) is 12.8. The molecule has 0 radical (unpaired) electrons. The molecule has 0 aromatic carbocycles. The Morgan fingerprint density at radius 2 is 1.88 bits per heavy atom. The molecule has 0 aliphatic heterocycles. The minimum absolute atomic E-state index is 0.363. The third-order valence-corrected chi connectivity index (χ3v) is 4.52. The van der Waals surface area contributed by atoms with Gasteiger partial charge in [0.25, 0.3) is 0 Å². The maximum absolute atomic E-state index is 6.12. The first kappa shape index (κ1) is 15.0. The molecule has 102 valence electrons. The summed E-state index contributed by atoms with van der Waals surface area (Å²) in [6, 6.07) is 1.17. The van der Waals surface area contributed by atoms with Crippen LogP contribution in [-0.2, 0) is 0 Å². The maximum Gasteiger partial charge on any atom is 0.00923 e. The normalized spacial score (nSPS) is 28.4. The highest BCUT2D eigenvalue weighted by atomic mass is 15.1. The molecule has 0 aromatic rings. The van der Waals surface area contributed by atoms with E-state index in [1.54, 1.807) is 0 Å². The Bertz CT molecular complexity index is 203. The van der Waals surface area contributed by atoms with Gasteiger partial charge in [-0.05, 0) is 51.1 Å². The molecular weight excluding hydrogens is 208 g/mol. The van der Waals surface area contributed by atoms with E-state index in [9.17, 15) is 0 Å². The molecule has 0 bridgehead atoms. The highest BCUT2D eigenvalue weighted by Gasteiger charge is 2.20. The summed E-state index contributed by atoms with van der Waals surface area (Å²) in [5, 5.41) is 0. The van der Waals surface area contributed by atoms with Crippen molar-refractivity contribution in [3.8, 4) is 0 Å². The third kappa shape index (κ3) is 5.39. The van der Waals surface area contributed by atoms with Gasteiger partial charge in [-0.15, -0.1) is 0 Å². The fraction of sp³-hybridized carbons (Fsp3) is 1.00. The van der Waals surface area contributed by atoms with Gasteiger partial charge in [-0.1, -0.05) is 33.6 Å². The van der Waals surface area contributed by atoms with Gasteiger partial charge >= 0.3 is 0 Å². The molecule has 1 saturated carbocycles. The van der Waals surface area contributed by atoms with Crippen LogP contribution in [0.25, 0.3) is 0 Å². The average molecular weight is 240 g/mol. The highest BCUT2D eigenvalue weighted by molar-refractivity contribution is 4.76. The number of nitrogens with two attached hydrogens (primary N) is 1. The Morgan fingerprint density at radius 1 is 1.18 bits per heavy atom. The van der Waals surface area contributed by atoms with E-state index in [0.29, 0.717) is 12.0 Å². The molecule has 0 saturated heterocycles. The molecule has 0 heterocycles. The standard InChI is InChI=1S/C15H32N2/c1-12(2)15(16)10-11-17(4)14-7-5-6-13(3)8-9-14/h12-15H,5-11,16H2,1-4H3. The smallest absolute Gasteiger partial charge is 0.00923 e. The van der Waals surface area contributed by atoms with Crippen molar-refractivity contribution in [2.45, 2.75) is 71.4 Å². The molecule has 0 aromatic heterocycles. The first-order chi connectivity index (χ1) is 8.00. The average Bonchev–Trinajstić information content (AvgIpc) is 2.50. The van der Waals surface area contributed by atoms with Crippen molar-refractivity contribution < 1.29 is 0 Å². The van der Waals surface area contributed by atoms with Crippen molar-refractivity contribution in [3.63, 3.8) is 0 Å². The molecule has 1 aliphatic carbocycles. The lowest BCUT2D eigenvalue weighted by molar-refractivity contribution is 0.207. The van der Waals surface area contributed by atoms with Crippen molar-refractivity contribution in [2.75, 3.05) is 13.6 Å². The lowest BCUT2D eigenvalue weighted by atomic mass is 10.0. The first-order valence-corrected chi connectivity index (χ1v) is 7.46. The largest absolute Gasteiger partial charge is 0.327 e. The summed E-state index contributed by atoms with van der Waals surface area (Å²) < 4.78 is 0. The molecule has 1 aliphatic rings. The third-order valence-electron chi connectivity index (χ3n) is 4.52. The van der Waals surface area contributed by atoms with E-state index in [0.717, 1.165) is 18.4 Å². The summed E-state index contributed by atoms with van der Waals surface area (Å²) in [5.74, 6) is 1.55. The summed E-state index contributed by atoms with van der Waals surface area (Å²) in [6.45, 7) is 8.01. The van der Waals surface area contributed by atoms with Crippen LogP contribution in [0.3, 0.4) is 0 Å². The molecule has 2 nitrogen and oxygen atoms in total. The summed E-state index contributed by atoms with van der Waals surface area (Å²) >= 11 is 0. The second-order valence-electron chi connectivity index (χ2n) is 6.44. The van der Waals surface area contributed by atoms with Gasteiger partial charge in [0.05, 0.1) is 0 Å². The SMILES string of the molecule is CC1CCCC(N(C)CCC(N)C(C)C)CC1. The molecule has 2 heteroatoms. The Labute approximate surface area is 108 Å². The topological polar surface area (TPSA) is 29.3 Å². The molecule has 17 heavy (non-hydrogen) atoms. The fourth-order valence-electron chi connectivity index (χ4n) is 2.78. The molecule has 1 fully saturated rings. The zero-order valence-corrected chi connectivity index (χ0v) is 12.3. The van der Waals surface area contributed by atoms with Crippen LogP contribution in [0.1, 0.15) is 59.3 Å². The van der Waals surface area contributed by atoms with Gasteiger partial charge in [0, 0.05) is 12.1 Å². The van der Waals surface area contributed by atoms with E-state index in [4.69, 9.17) is 5.73 Å². The van der Waals surface area contributed by atoms with Crippen LogP contribution in [0, 0.1) is 11.8 Å². The van der Waals surface area contributed by atoms with Crippen molar-refractivity contribution in [1.82, 2.24) is 4.90 Å². The van der Waals surface area contributed by atoms with Crippen LogP contribution >= 0.6 is 0 Å². The van der Waals surface area contributed by atoms with E-state index in [2.05, 4.69) is 32.7 Å². The van der Waals surface area contributed by atoms with Gasteiger partial charge in [-0.2, -0.15) is 0 Å². The molecule has 2 N–H and O–H groups in total. The molecule has 3 atom stereocenters. The predicted molar refractivity (Wildman–Crippen MR) is 76.1 cm³/mol. The number of rotatable bonds is 5. The van der Waals surface area contributed by atoms with E-state index in [1.807, 2.05) is 0 Å². The van der Waals surface area contributed by atoms with E-state index >= 15 is 0 Å². The number of nitrogens with zero attached hydrogens (tertiary/aromatic N) is 1. The van der Waals surface area contributed by atoms with Crippen molar-refractivity contribution >= 4 is 0 Å². The summed E-state index contributed by atoms with van der Waals surface area (Å²) in [6.07, 6.45) is 8.15. The maximum atomic E-state index is 6.12. The van der Waals surface area contributed by atoms with Gasteiger partial charge in [0.1, 0.15) is 0 Å². The van der Waals surface area contributed by atoms with Crippen LogP contribution in [0.4, 0.5) is 0 Å². The minimum atomic E-state index is 0.363. The summed E-state index contributed by atoms with van der Waals surface area (Å²) in [7, 11) is 2.29. The molecule has 1 rings (SSSR count). The van der Waals surface area contributed by atoms with Crippen LogP contribution in [0.2, 0.25) is 0 Å². The van der Waals surface area contributed by atoms with Gasteiger partial charge in [0.2, 0.25) is 0 Å². The van der Waals surface area contributed by atoms with Crippen LogP contribution < -0.4 is 5.73 Å². The van der Waals surface area contributed by atoms with Gasteiger partial charge in [-0.3, -0.25) is 0 Å². The number of hydrogen-bond donors (Lipinski definition) is 1. The zero-order valence-electron chi connectivity index (χ0n) is 12.3. The van der Waals surface area contributed by atoms with Gasteiger partial charge in [-0.25, -0.2) is 0 Å². The van der Waals surface area contributed by atoms with E-state index < -0.39 is 0 Å². The fourth-order valence-corrected chi connectivity index (χ4v) is 2.78. The van der Waals surface area contributed by atoms with Crippen molar-refractivity contribution in [2.24, 2.45) is 17.6 Å². The van der Waals surface area contributed by atoms with Crippen LogP contribution in [0.5, 0.6) is 0 Å². The van der Waals surface area contributed by atoms with Crippen molar-refractivity contribution in [3.05, 3.63) is 0 Å². The molecule has 0 amide bonds. The quantitative estimate of drug-likeness (QED) is 0.747. The molecule has 0 spiro atoms. The second-order valence-corrected chi connectivity index (χ2v) is 6.44. The Kier molecular flexibility index (Phi) is 6.50. The second kappa shape index (κ2) is 7.38. The number of hydrogen-bond acceptors (Lipinski definition) is 2. The molecular formula is C15H32N2. The monoisotopic (exact) mass is 240 g/mol. The Hall–Kier alpha value is -0.0800. The molecule has 3 unspecified atom stereocenters. The van der Waals surface area contributed by atoms with E-state index in [-0.39, 0.29) is 0 Å². The highest BCUT2D eigenvalue weighted by Crippen LogP contribution is 2.25. The Balaban J connectivity index is 2.29. The Morgan fingerprint density at radius 3 is 2.53 bits per heavy atom. The van der Waals surface area contributed by atoms with Gasteiger partial charge in [0.15, 0.2) is 0 Å². The lowest BCUT2D eigenvalue weighted by Crippen LogP contribution is -2.36. The van der Waals surface area contributed by atoms with Crippen molar-refractivity contribution in [1.29, 1.82) is 0 Å². The predicted octanol–water partition coefficient (Wildman–Crippen LogP) is 3.26.